The molecule has 4 N–H and O–H groups in total. The van der Waals surface area contributed by atoms with Gasteiger partial charge in [0.25, 0.3) is 5.91 Å². The van der Waals surface area contributed by atoms with E-state index in [1.807, 2.05) is 30.3 Å². The molecule has 0 aliphatic heterocycles. The van der Waals surface area contributed by atoms with E-state index in [1.54, 1.807) is 6.20 Å². The summed E-state index contributed by atoms with van der Waals surface area (Å²) in [5.41, 5.74) is 4.91. The number of nitrogens with zero attached hydrogens (tertiary/aromatic N) is 3. The van der Waals surface area contributed by atoms with Crippen LogP contribution in [0.4, 0.5) is 17.3 Å². The van der Waals surface area contributed by atoms with E-state index in [0.717, 1.165) is 64.2 Å². The van der Waals surface area contributed by atoms with E-state index < -0.39 is 0 Å². The van der Waals surface area contributed by atoms with Crippen LogP contribution in [0.2, 0.25) is 0 Å². The van der Waals surface area contributed by atoms with Gasteiger partial charge in [0.15, 0.2) is 0 Å². The maximum atomic E-state index is 13.4. The Kier molecular flexibility index (Phi) is 5.16. The monoisotopic (exact) mass is 457 g/mol. The van der Waals surface area contributed by atoms with Crippen molar-refractivity contribution in [3.63, 3.8) is 0 Å². The van der Waals surface area contributed by atoms with Crippen LogP contribution in [-0.2, 0) is 0 Å². The predicted octanol–water partition coefficient (Wildman–Crippen LogP) is 5.14. The highest BCUT2D eigenvalue weighted by atomic mass is 16.1. The molecule has 2 aliphatic rings. The fraction of sp³-hybridized carbons (Fsp3) is 0.423. The van der Waals surface area contributed by atoms with Gasteiger partial charge in [-0.05, 0) is 75.3 Å². The average molecular weight is 458 g/mol. The zero-order chi connectivity index (χ0) is 23.2. The van der Waals surface area contributed by atoms with E-state index in [0.29, 0.717) is 11.6 Å². The number of benzene rings is 2. The van der Waals surface area contributed by atoms with E-state index in [4.69, 9.17) is 4.98 Å². The topological polar surface area (TPSA) is 102 Å². The molecule has 2 bridgehead atoms. The van der Waals surface area contributed by atoms with E-state index in [-0.39, 0.29) is 5.91 Å². The number of amides is 1. The van der Waals surface area contributed by atoms with Crippen LogP contribution in [0.25, 0.3) is 21.9 Å². The zero-order valence-corrected chi connectivity index (χ0v) is 19.7. The van der Waals surface area contributed by atoms with Crippen molar-refractivity contribution in [1.82, 2.24) is 20.2 Å². The Balaban J connectivity index is 1.32. The summed E-state index contributed by atoms with van der Waals surface area (Å²) >= 11 is 0. The van der Waals surface area contributed by atoms with Crippen LogP contribution in [0.3, 0.4) is 0 Å². The third-order valence-electron chi connectivity index (χ3n) is 7.71. The highest BCUT2D eigenvalue weighted by molar-refractivity contribution is 6.11. The molecule has 34 heavy (non-hydrogen) atoms. The quantitative estimate of drug-likeness (QED) is 0.308. The number of fused-ring (bicyclic) bond motifs is 4. The second-order valence-corrected chi connectivity index (χ2v) is 9.70. The molecule has 0 spiro atoms. The molecule has 2 fully saturated rings. The van der Waals surface area contributed by atoms with Gasteiger partial charge in [0.1, 0.15) is 0 Å². The summed E-state index contributed by atoms with van der Waals surface area (Å²) in [5.74, 6) is 2.30. The normalized spacial score (nSPS) is 21.4. The molecule has 2 heterocycles. The molecule has 2 saturated carbocycles. The fourth-order valence-corrected chi connectivity index (χ4v) is 5.93. The second kappa shape index (κ2) is 8.34. The number of H-pyrrole nitrogens is 2. The summed E-state index contributed by atoms with van der Waals surface area (Å²) in [7, 11) is 0. The molecule has 8 nitrogen and oxygen atoms in total. The summed E-state index contributed by atoms with van der Waals surface area (Å²) in [6, 6.07) is 10.2. The van der Waals surface area contributed by atoms with Crippen molar-refractivity contribution >= 4 is 45.2 Å². The number of carbonyl (C=O) groups excluding carboxylic acids is 1. The molecule has 176 valence electrons. The third kappa shape index (κ3) is 3.67. The molecule has 8 heteroatoms. The van der Waals surface area contributed by atoms with Gasteiger partial charge in [-0.2, -0.15) is 5.10 Å². The highest BCUT2D eigenvalue weighted by Crippen LogP contribution is 2.45. The highest BCUT2D eigenvalue weighted by Gasteiger charge is 2.39. The van der Waals surface area contributed by atoms with Gasteiger partial charge in [0.05, 0.1) is 34.0 Å². The summed E-state index contributed by atoms with van der Waals surface area (Å²) in [5, 5.41) is 14.8. The summed E-state index contributed by atoms with van der Waals surface area (Å²) in [4.78, 5) is 23.9. The van der Waals surface area contributed by atoms with Gasteiger partial charge in [-0.15, -0.1) is 0 Å². The molecule has 2 aliphatic carbocycles. The minimum Gasteiger partial charge on any atom is -0.371 e. The average Bonchev–Trinajstić information content (AvgIpc) is 3.63. The molecule has 1 amide bonds. The summed E-state index contributed by atoms with van der Waals surface area (Å²) in [6.07, 6.45) is 7.05. The molecule has 3 atom stereocenters. The number of carbonyl (C=O) groups is 1. The van der Waals surface area contributed by atoms with Crippen molar-refractivity contribution in [2.75, 3.05) is 28.6 Å². The number of nitrogens with one attached hydrogen (secondary N) is 4. The number of aromatic amines is 2. The Morgan fingerprint density at radius 1 is 1.12 bits per heavy atom. The summed E-state index contributed by atoms with van der Waals surface area (Å²) < 4.78 is 0. The van der Waals surface area contributed by atoms with Gasteiger partial charge >= 0.3 is 0 Å². The van der Waals surface area contributed by atoms with E-state index >= 15 is 0 Å². The predicted molar refractivity (Wildman–Crippen MR) is 137 cm³/mol. The SMILES string of the molecule is CCN(CC)c1cc2nc(NC3CC4CCC3C4)[nH]c2cc1C(=O)Nc1ccc2cn[nH]c2c1. The van der Waals surface area contributed by atoms with Gasteiger partial charge in [-0.25, -0.2) is 4.98 Å². The van der Waals surface area contributed by atoms with Crippen LogP contribution in [-0.4, -0.2) is 45.2 Å². The van der Waals surface area contributed by atoms with Gasteiger partial charge in [-0.3, -0.25) is 9.89 Å². The lowest BCUT2D eigenvalue weighted by atomic mass is 9.95. The maximum absolute atomic E-state index is 13.4. The van der Waals surface area contributed by atoms with Gasteiger partial charge in [0.2, 0.25) is 5.95 Å². The number of anilines is 3. The Morgan fingerprint density at radius 3 is 2.76 bits per heavy atom. The Hall–Kier alpha value is -3.55. The first kappa shape index (κ1) is 21.0. The second-order valence-electron chi connectivity index (χ2n) is 9.70. The minimum atomic E-state index is -0.139. The fourth-order valence-electron chi connectivity index (χ4n) is 5.93. The van der Waals surface area contributed by atoms with Crippen molar-refractivity contribution in [3.05, 3.63) is 42.1 Å². The Morgan fingerprint density at radius 2 is 2.00 bits per heavy atom. The number of hydrogen-bond donors (Lipinski definition) is 4. The molecule has 3 unspecified atom stereocenters. The molecule has 6 rings (SSSR count). The van der Waals surface area contributed by atoms with Crippen LogP contribution in [0.5, 0.6) is 0 Å². The zero-order valence-electron chi connectivity index (χ0n) is 19.7. The number of imidazole rings is 1. The number of rotatable bonds is 7. The molecular formula is C26H31N7O. The first-order valence-corrected chi connectivity index (χ1v) is 12.4. The third-order valence-corrected chi connectivity index (χ3v) is 7.71. The number of aromatic nitrogens is 4. The standard InChI is InChI=1S/C26H31N7O/c1-3-33(4-2)24-13-23-22(30-26(31-23)29-20-10-15-5-6-16(20)9-15)12-19(24)25(34)28-18-8-7-17-14-27-32-21(17)11-18/h7-8,11-16,20H,3-6,9-10H2,1-2H3,(H,27,32)(H,28,34)(H2,29,30,31). The van der Waals surface area contributed by atoms with Crippen LogP contribution < -0.4 is 15.5 Å². The van der Waals surface area contributed by atoms with E-state index in [1.165, 1.54) is 25.7 Å². The van der Waals surface area contributed by atoms with Crippen molar-refractivity contribution in [2.45, 2.75) is 45.6 Å². The minimum absolute atomic E-state index is 0.139. The lowest BCUT2D eigenvalue weighted by Gasteiger charge is -2.23. The molecule has 0 saturated heterocycles. The van der Waals surface area contributed by atoms with Gasteiger partial charge in [-0.1, -0.05) is 6.42 Å². The van der Waals surface area contributed by atoms with Crippen LogP contribution in [0.15, 0.2) is 36.5 Å². The Labute approximate surface area is 198 Å². The molecule has 2 aromatic heterocycles. The van der Waals surface area contributed by atoms with Crippen molar-refractivity contribution in [1.29, 1.82) is 0 Å². The largest absolute Gasteiger partial charge is 0.371 e. The Bertz CT molecular complexity index is 1350. The lowest BCUT2D eigenvalue weighted by Crippen LogP contribution is -2.26. The van der Waals surface area contributed by atoms with Crippen LogP contribution in [0.1, 0.15) is 49.9 Å². The molecule has 4 aromatic rings. The summed E-state index contributed by atoms with van der Waals surface area (Å²) in [6.45, 7) is 5.83. The number of hydrogen-bond acceptors (Lipinski definition) is 5. The molecule has 2 aromatic carbocycles. The van der Waals surface area contributed by atoms with Crippen molar-refractivity contribution < 1.29 is 4.79 Å². The first-order valence-electron chi connectivity index (χ1n) is 12.4. The lowest BCUT2D eigenvalue weighted by molar-refractivity contribution is 0.102. The smallest absolute Gasteiger partial charge is 0.257 e. The first-order chi connectivity index (χ1) is 16.6. The van der Waals surface area contributed by atoms with E-state index in [9.17, 15) is 4.79 Å². The molecule has 0 radical (unpaired) electrons. The van der Waals surface area contributed by atoms with Crippen molar-refractivity contribution in [3.8, 4) is 0 Å². The molecular weight excluding hydrogens is 426 g/mol. The van der Waals surface area contributed by atoms with Gasteiger partial charge < -0.3 is 20.5 Å². The van der Waals surface area contributed by atoms with Gasteiger partial charge in [0, 0.05) is 30.2 Å². The van der Waals surface area contributed by atoms with E-state index in [2.05, 4.69) is 44.6 Å². The van der Waals surface area contributed by atoms with Crippen LogP contribution in [0, 0.1) is 11.8 Å². The van der Waals surface area contributed by atoms with Crippen LogP contribution >= 0.6 is 0 Å². The maximum Gasteiger partial charge on any atom is 0.257 e. The van der Waals surface area contributed by atoms with Crippen molar-refractivity contribution in [2.24, 2.45) is 11.8 Å².